The molecule has 0 rings (SSSR count). The molecular formula is C12H27NO. The summed E-state index contributed by atoms with van der Waals surface area (Å²) in [5.74, 6) is 0. The third-order valence-electron chi connectivity index (χ3n) is 2.51. The summed E-state index contributed by atoms with van der Waals surface area (Å²) in [5, 5.41) is 3.28. The van der Waals surface area contributed by atoms with Gasteiger partial charge in [-0.3, -0.25) is 0 Å². The molecule has 0 saturated carbocycles. The average molecular weight is 201 g/mol. The minimum absolute atomic E-state index is 0.547. The Morgan fingerprint density at radius 1 is 1.07 bits per heavy atom. The van der Waals surface area contributed by atoms with E-state index in [2.05, 4.69) is 19.2 Å². The number of likely N-dealkylation sites (N-methyl/N-ethyl adjacent to an activating group) is 1. The third kappa shape index (κ3) is 8.52. The fourth-order valence-electron chi connectivity index (χ4n) is 1.52. The molecule has 86 valence electrons. The van der Waals surface area contributed by atoms with Gasteiger partial charge in [-0.05, 0) is 19.9 Å². The number of ether oxygens (including phenoxy) is 1. The third-order valence-corrected chi connectivity index (χ3v) is 2.51. The van der Waals surface area contributed by atoms with Gasteiger partial charge in [0, 0.05) is 12.6 Å². The molecule has 0 bridgehead atoms. The largest absolute Gasteiger partial charge is 0.380 e. The van der Waals surface area contributed by atoms with Crippen LogP contribution < -0.4 is 5.32 Å². The van der Waals surface area contributed by atoms with Crippen molar-refractivity contribution in [3.05, 3.63) is 0 Å². The summed E-state index contributed by atoms with van der Waals surface area (Å²) in [6.07, 6.45) is 7.61. The highest BCUT2D eigenvalue weighted by Gasteiger charge is 2.03. The van der Waals surface area contributed by atoms with Crippen LogP contribution in [0, 0.1) is 0 Å². The van der Waals surface area contributed by atoms with Gasteiger partial charge in [0.25, 0.3) is 0 Å². The van der Waals surface area contributed by atoms with Gasteiger partial charge in [0.15, 0.2) is 0 Å². The second-order valence-electron chi connectivity index (χ2n) is 3.91. The quantitative estimate of drug-likeness (QED) is 0.549. The van der Waals surface area contributed by atoms with Gasteiger partial charge >= 0.3 is 0 Å². The molecule has 0 heterocycles. The Balaban J connectivity index is 3.15. The fraction of sp³-hybridized carbons (Fsp3) is 1.00. The Labute approximate surface area is 89.4 Å². The van der Waals surface area contributed by atoms with Gasteiger partial charge in [0.1, 0.15) is 0 Å². The molecule has 0 radical (unpaired) electrons. The van der Waals surface area contributed by atoms with Gasteiger partial charge in [-0.15, -0.1) is 0 Å². The van der Waals surface area contributed by atoms with Crippen LogP contribution in [0.2, 0.25) is 0 Å². The highest BCUT2D eigenvalue weighted by atomic mass is 16.5. The van der Waals surface area contributed by atoms with E-state index in [4.69, 9.17) is 4.74 Å². The summed E-state index contributed by atoms with van der Waals surface area (Å²) in [5.41, 5.74) is 0. The van der Waals surface area contributed by atoms with Crippen LogP contribution >= 0.6 is 0 Å². The van der Waals surface area contributed by atoms with Crippen LogP contribution in [-0.4, -0.2) is 26.3 Å². The van der Waals surface area contributed by atoms with E-state index in [0.29, 0.717) is 6.04 Å². The Hall–Kier alpha value is -0.0800. The summed E-state index contributed by atoms with van der Waals surface area (Å²) in [7, 11) is 2.01. The lowest BCUT2D eigenvalue weighted by Crippen LogP contribution is -2.30. The van der Waals surface area contributed by atoms with Crippen LogP contribution in [0.5, 0.6) is 0 Å². The van der Waals surface area contributed by atoms with Gasteiger partial charge in [-0.25, -0.2) is 0 Å². The molecule has 2 heteroatoms. The van der Waals surface area contributed by atoms with Crippen molar-refractivity contribution in [3.63, 3.8) is 0 Å². The van der Waals surface area contributed by atoms with Crippen LogP contribution in [-0.2, 0) is 4.74 Å². The zero-order chi connectivity index (χ0) is 10.6. The lowest BCUT2D eigenvalue weighted by atomic mass is 10.2. The van der Waals surface area contributed by atoms with E-state index in [1.165, 1.54) is 38.5 Å². The molecular weight excluding hydrogens is 174 g/mol. The smallest absolute Gasteiger partial charge is 0.0619 e. The molecule has 0 spiro atoms. The minimum Gasteiger partial charge on any atom is -0.380 e. The first-order chi connectivity index (χ1) is 6.85. The number of rotatable bonds is 10. The molecule has 0 aromatic heterocycles. The van der Waals surface area contributed by atoms with Gasteiger partial charge in [0.05, 0.1) is 6.61 Å². The van der Waals surface area contributed by atoms with E-state index in [1.54, 1.807) is 0 Å². The highest BCUT2D eigenvalue weighted by Crippen LogP contribution is 2.01. The van der Waals surface area contributed by atoms with E-state index >= 15 is 0 Å². The van der Waals surface area contributed by atoms with E-state index in [-0.39, 0.29) is 0 Å². The molecule has 2 nitrogen and oxygen atoms in total. The molecule has 0 aromatic carbocycles. The Kier molecular flexibility index (Phi) is 10.9. The molecule has 0 aliphatic heterocycles. The van der Waals surface area contributed by atoms with Gasteiger partial charge < -0.3 is 10.1 Å². The van der Waals surface area contributed by atoms with E-state index in [0.717, 1.165) is 13.2 Å². The summed E-state index contributed by atoms with van der Waals surface area (Å²) >= 11 is 0. The molecule has 1 unspecified atom stereocenters. The second-order valence-corrected chi connectivity index (χ2v) is 3.91. The monoisotopic (exact) mass is 201 g/mol. The molecule has 0 amide bonds. The van der Waals surface area contributed by atoms with Crippen molar-refractivity contribution in [2.24, 2.45) is 0 Å². The molecule has 0 fully saturated rings. The summed E-state index contributed by atoms with van der Waals surface area (Å²) in [6, 6.07) is 0.547. The van der Waals surface area contributed by atoms with E-state index in [1.807, 2.05) is 7.05 Å². The number of nitrogens with one attached hydrogen (secondary N) is 1. The summed E-state index contributed by atoms with van der Waals surface area (Å²) in [4.78, 5) is 0. The van der Waals surface area contributed by atoms with Crippen molar-refractivity contribution < 1.29 is 4.74 Å². The lowest BCUT2D eigenvalue weighted by Gasteiger charge is -2.15. The standard InChI is InChI=1S/C12H27NO/c1-4-6-7-8-10-14-11-12(13-3)9-5-2/h12-13H,4-11H2,1-3H3. The van der Waals surface area contributed by atoms with Crippen LogP contribution in [0.25, 0.3) is 0 Å². The van der Waals surface area contributed by atoms with Crippen molar-refractivity contribution in [2.75, 3.05) is 20.3 Å². The molecule has 0 aliphatic carbocycles. The van der Waals surface area contributed by atoms with Crippen LogP contribution in [0.1, 0.15) is 52.4 Å². The Bertz CT molecular complexity index is 106. The highest BCUT2D eigenvalue weighted by molar-refractivity contribution is 4.61. The number of hydrogen-bond donors (Lipinski definition) is 1. The zero-order valence-electron chi connectivity index (χ0n) is 10.1. The molecule has 1 N–H and O–H groups in total. The molecule has 0 aromatic rings. The molecule has 14 heavy (non-hydrogen) atoms. The summed E-state index contributed by atoms with van der Waals surface area (Å²) < 4.78 is 5.62. The Morgan fingerprint density at radius 2 is 1.86 bits per heavy atom. The maximum atomic E-state index is 5.62. The van der Waals surface area contributed by atoms with E-state index in [9.17, 15) is 0 Å². The topological polar surface area (TPSA) is 21.3 Å². The van der Waals surface area contributed by atoms with Crippen LogP contribution in [0.3, 0.4) is 0 Å². The zero-order valence-corrected chi connectivity index (χ0v) is 10.1. The van der Waals surface area contributed by atoms with Gasteiger partial charge in [-0.2, -0.15) is 0 Å². The average Bonchev–Trinajstić information content (AvgIpc) is 2.21. The summed E-state index contributed by atoms with van der Waals surface area (Å²) in [6.45, 7) is 6.25. The van der Waals surface area contributed by atoms with Crippen molar-refractivity contribution in [1.82, 2.24) is 5.32 Å². The maximum absolute atomic E-state index is 5.62. The normalized spacial score (nSPS) is 13.1. The van der Waals surface area contributed by atoms with E-state index < -0.39 is 0 Å². The van der Waals surface area contributed by atoms with Crippen molar-refractivity contribution in [1.29, 1.82) is 0 Å². The lowest BCUT2D eigenvalue weighted by molar-refractivity contribution is 0.107. The van der Waals surface area contributed by atoms with Gasteiger partial charge in [-0.1, -0.05) is 39.5 Å². The molecule has 0 saturated heterocycles. The van der Waals surface area contributed by atoms with Crippen LogP contribution in [0.15, 0.2) is 0 Å². The molecule has 1 atom stereocenters. The molecule has 0 aliphatic rings. The first-order valence-electron chi connectivity index (χ1n) is 6.10. The Morgan fingerprint density at radius 3 is 2.43 bits per heavy atom. The SMILES string of the molecule is CCCCCCOCC(CCC)NC. The first kappa shape index (κ1) is 13.9. The van der Waals surface area contributed by atoms with Crippen molar-refractivity contribution >= 4 is 0 Å². The second kappa shape index (κ2) is 11.0. The predicted molar refractivity (Wildman–Crippen MR) is 62.7 cm³/mol. The number of hydrogen-bond acceptors (Lipinski definition) is 2. The first-order valence-corrected chi connectivity index (χ1v) is 6.10. The van der Waals surface area contributed by atoms with Crippen LogP contribution in [0.4, 0.5) is 0 Å². The van der Waals surface area contributed by atoms with Crippen molar-refractivity contribution in [2.45, 2.75) is 58.4 Å². The predicted octanol–water partition coefficient (Wildman–Crippen LogP) is 2.97. The number of unbranched alkanes of at least 4 members (excludes halogenated alkanes) is 3. The fourth-order valence-corrected chi connectivity index (χ4v) is 1.52. The minimum atomic E-state index is 0.547. The van der Waals surface area contributed by atoms with Crippen molar-refractivity contribution in [3.8, 4) is 0 Å². The van der Waals surface area contributed by atoms with Gasteiger partial charge in [0.2, 0.25) is 0 Å². The maximum Gasteiger partial charge on any atom is 0.0619 e.